The highest BCUT2D eigenvalue weighted by molar-refractivity contribution is 8.15. The normalized spacial score (nSPS) is 37.9. The number of hydrogen-bond donors (Lipinski definition) is 0. The second kappa shape index (κ2) is 5.13. The van der Waals surface area contributed by atoms with Crippen LogP contribution < -0.4 is 0 Å². The number of carbonyl (C=O) groups excluding carboxylic acids is 1. The SMILES string of the molecule is CC(C)[C@@H]1SC(C[C@@H]2C[C@@H](C)C[C@H]2C)=NC1=O. The fourth-order valence-electron chi connectivity index (χ4n) is 3.11. The van der Waals surface area contributed by atoms with E-state index < -0.39 is 0 Å². The first kappa shape index (κ1) is 13.1. The molecule has 1 heterocycles. The molecule has 0 bridgehead atoms. The van der Waals surface area contributed by atoms with Crippen molar-refractivity contribution in [2.24, 2.45) is 28.7 Å². The molecule has 0 spiro atoms. The monoisotopic (exact) mass is 253 g/mol. The molecule has 0 aromatic rings. The molecule has 0 aromatic carbocycles. The minimum absolute atomic E-state index is 0.0825. The number of carbonyl (C=O) groups is 1. The molecule has 0 N–H and O–H groups in total. The summed E-state index contributed by atoms with van der Waals surface area (Å²) in [6.07, 6.45) is 3.68. The first-order valence-corrected chi connectivity index (χ1v) is 7.63. The van der Waals surface area contributed by atoms with Crippen molar-refractivity contribution in [3.63, 3.8) is 0 Å². The van der Waals surface area contributed by atoms with Gasteiger partial charge in [0, 0.05) is 0 Å². The molecule has 1 saturated carbocycles. The highest BCUT2D eigenvalue weighted by atomic mass is 32.2. The van der Waals surface area contributed by atoms with E-state index in [0.717, 1.165) is 29.2 Å². The topological polar surface area (TPSA) is 29.4 Å². The Morgan fingerprint density at radius 3 is 2.53 bits per heavy atom. The van der Waals surface area contributed by atoms with Gasteiger partial charge in [0.05, 0.1) is 10.3 Å². The third-order valence-corrected chi connectivity index (χ3v) is 5.60. The van der Waals surface area contributed by atoms with Crippen molar-refractivity contribution in [2.75, 3.05) is 0 Å². The number of aliphatic imine (C=N–C) groups is 1. The Morgan fingerprint density at radius 2 is 2.06 bits per heavy atom. The van der Waals surface area contributed by atoms with Gasteiger partial charge in [-0.05, 0) is 42.9 Å². The molecule has 0 saturated heterocycles. The van der Waals surface area contributed by atoms with E-state index in [9.17, 15) is 4.79 Å². The predicted molar refractivity (Wildman–Crippen MR) is 74.3 cm³/mol. The van der Waals surface area contributed by atoms with Gasteiger partial charge in [0.2, 0.25) is 0 Å². The number of thioether (sulfide) groups is 1. The van der Waals surface area contributed by atoms with E-state index in [1.54, 1.807) is 11.8 Å². The van der Waals surface area contributed by atoms with Crippen LogP contribution in [0.15, 0.2) is 4.99 Å². The zero-order valence-corrected chi connectivity index (χ0v) is 12.1. The predicted octanol–water partition coefficient (Wildman–Crippen LogP) is 3.76. The first-order chi connectivity index (χ1) is 7.97. The zero-order chi connectivity index (χ0) is 12.6. The molecule has 1 aliphatic carbocycles. The van der Waals surface area contributed by atoms with Crippen molar-refractivity contribution < 1.29 is 4.79 Å². The number of amides is 1. The lowest BCUT2D eigenvalue weighted by Crippen LogP contribution is -2.17. The van der Waals surface area contributed by atoms with Gasteiger partial charge < -0.3 is 0 Å². The van der Waals surface area contributed by atoms with Crippen LogP contribution in [0.4, 0.5) is 0 Å². The lowest BCUT2D eigenvalue weighted by atomic mass is 9.95. The molecular weight excluding hydrogens is 230 g/mol. The molecule has 1 aliphatic heterocycles. The van der Waals surface area contributed by atoms with Crippen LogP contribution in [0.3, 0.4) is 0 Å². The Labute approximate surface area is 109 Å². The Morgan fingerprint density at radius 1 is 1.35 bits per heavy atom. The molecule has 0 radical (unpaired) electrons. The molecule has 2 nitrogen and oxygen atoms in total. The maximum Gasteiger partial charge on any atom is 0.260 e. The summed E-state index contributed by atoms with van der Waals surface area (Å²) in [4.78, 5) is 16.0. The number of rotatable bonds is 3. The Hall–Kier alpha value is -0.310. The van der Waals surface area contributed by atoms with Crippen LogP contribution in [-0.2, 0) is 4.79 Å². The van der Waals surface area contributed by atoms with Crippen LogP contribution in [0, 0.1) is 23.7 Å². The summed E-state index contributed by atoms with van der Waals surface area (Å²) in [5.41, 5.74) is 0. The summed E-state index contributed by atoms with van der Waals surface area (Å²) in [5.74, 6) is 2.88. The van der Waals surface area contributed by atoms with Crippen LogP contribution in [0.5, 0.6) is 0 Å². The smallest absolute Gasteiger partial charge is 0.260 e. The van der Waals surface area contributed by atoms with Crippen molar-refractivity contribution in [3.8, 4) is 0 Å². The summed E-state index contributed by atoms with van der Waals surface area (Å²) in [7, 11) is 0. The fourth-order valence-corrected chi connectivity index (χ4v) is 4.28. The maximum absolute atomic E-state index is 11.7. The quantitative estimate of drug-likeness (QED) is 0.766. The number of nitrogens with zero attached hydrogens (tertiary/aromatic N) is 1. The van der Waals surface area contributed by atoms with Gasteiger partial charge >= 0.3 is 0 Å². The van der Waals surface area contributed by atoms with E-state index in [0.29, 0.717) is 5.92 Å². The number of hydrogen-bond acceptors (Lipinski definition) is 2. The van der Waals surface area contributed by atoms with E-state index in [4.69, 9.17) is 0 Å². The minimum Gasteiger partial charge on any atom is -0.271 e. The maximum atomic E-state index is 11.7. The van der Waals surface area contributed by atoms with Gasteiger partial charge in [0.1, 0.15) is 0 Å². The van der Waals surface area contributed by atoms with E-state index in [2.05, 4.69) is 32.7 Å². The largest absolute Gasteiger partial charge is 0.271 e. The standard InChI is InChI=1S/C14H23NOS/c1-8(2)13-14(16)15-12(17-13)7-11-6-9(3)5-10(11)4/h8-11,13H,5-7H2,1-4H3/t9-,10+,11-,13-/m0/s1. The zero-order valence-electron chi connectivity index (χ0n) is 11.3. The fraction of sp³-hybridized carbons (Fsp3) is 0.857. The van der Waals surface area contributed by atoms with Crippen LogP contribution >= 0.6 is 11.8 Å². The summed E-state index contributed by atoms with van der Waals surface area (Å²) in [5, 5.41) is 1.18. The minimum atomic E-state index is 0.0825. The molecule has 0 aromatic heterocycles. The first-order valence-electron chi connectivity index (χ1n) is 6.75. The van der Waals surface area contributed by atoms with E-state index in [1.165, 1.54) is 12.8 Å². The molecule has 2 rings (SSSR count). The van der Waals surface area contributed by atoms with Gasteiger partial charge in [-0.1, -0.05) is 39.5 Å². The molecular formula is C14H23NOS. The molecule has 0 unspecified atom stereocenters. The molecule has 1 fully saturated rings. The average Bonchev–Trinajstić information content (AvgIpc) is 2.71. The van der Waals surface area contributed by atoms with Gasteiger partial charge in [0.15, 0.2) is 0 Å². The van der Waals surface area contributed by atoms with Crippen LogP contribution in [0.1, 0.15) is 47.0 Å². The van der Waals surface area contributed by atoms with Crippen molar-refractivity contribution >= 4 is 22.7 Å². The Balaban J connectivity index is 1.93. The van der Waals surface area contributed by atoms with Gasteiger partial charge in [-0.25, -0.2) is 4.99 Å². The Kier molecular flexibility index (Phi) is 3.96. The van der Waals surface area contributed by atoms with Crippen LogP contribution in [-0.4, -0.2) is 16.2 Å². The van der Waals surface area contributed by atoms with Crippen molar-refractivity contribution in [1.82, 2.24) is 0 Å². The second-order valence-electron chi connectivity index (χ2n) is 6.14. The van der Waals surface area contributed by atoms with Crippen molar-refractivity contribution in [1.29, 1.82) is 0 Å². The summed E-state index contributed by atoms with van der Waals surface area (Å²) < 4.78 is 0. The molecule has 3 heteroatoms. The van der Waals surface area contributed by atoms with Gasteiger partial charge in [-0.2, -0.15) is 0 Å². The average molecular weight is 253 g/mol. The van der Waals surface area contributed by atoms with Crippen molar-refractivity contribution in [3.05, 3.63) is 0 Å². The third kappa shape index (κ3) is 2.93. The van der Waals surface area contributed by atoms with Crippen LogP contribution in [0.2, 0.25) is 0 Å². The summed E-state index contributed by atoms with van der Waals surface area (Å²) >= 11 is 1.72. The van der Waals surface area contributed by atoms with Crippen LogP contribution in [0.25, 0.3) is 0 Å². The lowest BCUT2D eigenvalue weighted by molar-refractivity contribution is -0.117. The summed E-state index contributed by atoms with van der Waals surface area (Å²) in [6, 6.07) is 0. The highest BCUT2D eigenvalue weighted by Crippen LogP contribution is 2.41. The van der Waals surface area contributed by atoms with Gasteiger partial charge in [0.25, 0.3) is 5.91 Å². The Bertz CT molecular complexity index is 337. The highest BCUT2D eigenvalue weighted by Gasteiger charge is 2.35. The molecule has 1 amide bonds. The van der Waals surface area contributed by atoms with E-state index >= 15 is 0 Å². The summed E-state index contributed by atoms with van der Waals surface area (Å²) in [6.45, 7) is 8.89. The molecule has 96 valence electrons. The molecule has 2 aliphatic rings. The van der Waals surface area contributed by atoms with E-state index in [1.807, 2.05) is 0 Å². The molecule has 17 heavy (non-hydrogen) atoms. The second-order valence-corrected chi connectivity index (χ2v) is 7.36. The van der Waals surface area contributed by atoms with Gasteiger partial charge in [-0.15, -0.1) is 0 Å². The van der Waals surface area contributed by atoms with E-state index in [-0.39, 0.29) is 11.2 Å². The third-order valence-electron chi connectivity index (χ3n) is 4.07. The van der Waals surface area contributed by atoms with Gasteiger partial charge in [-0.3, -0.25) is 4.79 Å². The molecule has 4 atom stereocenters. The van der Waals surface area contributed by atoms with Crippen molar-refractivity contribution in [2.45, 2.75) is 52.2 Å². The lowest BCUT2D eigenvalue weighted by Gasteiger charge is -2.15.